The molecule has 1 atom stereocenters. The Hall–Kier alpha value is -3.75. The molecule has 0 aliphatic rings. The van der Waals surface area contributed by atoms with E-state index in [0.29, 0.717) is 12.4 Å². The SMILES string of the molecule is Cc1cc(COc2ccc(-c3ccc(S(=O)(=O)NC(C(=O)O)C(C)C)cc3)cc2)c2ccccc2n1. The summed E-state index contributed by atoms with van der Waals surface area (Å²) in [5.74, 6) is -0.882. The minimum atomic E-state index is -3.96. The molecule has 8 heteroatoms. The quantitative estimate of drug-likeness (QED) is 0.326. The Morgan fingerprint density at radius 2 is 1.58 bits per heavy atom. The van der Waals surface area contributed by atoms with Gasteiger partial charge in [-0.3, -0.25) is 9.78 Å². The first-order chi connectivity index (χ1) is 17.1. The van der Waals surface area contributed by atoms with Crippen LogP contribution in [0.4, 0.5) is 0 Å². The predicted molar refractivity (Wildman–Crippen MR) is 139 cm³/mol. The van der Waals surface area contributed by atoms with E-state index in [1.54, 1.807) is 26.0 Å². The molecule has 4 aromatic rings. The Balaban J connectivity index is 1.45. The molecule has 0 fully saturated rings. The van der Waals surface area contributed by atoms with Crippen molar-refractivity contribution < 1.29 is 23.1 Å². The summed E-state index contributed by atoms with van der Waals surface area (Å²) in [6.07, 6.45) is 0. The number of nitrogens with zero attached hydrogens (tertiary/aromatic N) is 1. The summed E-state index contributed by atoms with van der Waals surface area (Å²) in [5, 5.41) is 10.4. The lowest BCUT2D eigenvalue weighted by atomic mass is 10.1. The smallest absolute Gasteiger partial charge is 0.322 e. The zero-order valence-corrected chi connectivity index (χ0v) is 21.1. The highest BCUT2D eigenvalue weighted by Gasteiger charge is 2.27. The van der Waals surface area contributed by atoms with E-state index in [2.05, 4.69) is 9.71 Å². The minimum absolute atomic E-state index is 0.0120. The third kappa shape index (κ3) is 5.72. The molecular formula is C28H28N2O5S. The molecule has 0 aliphatic carbocycles. The first-order valence-electron chi connectivity index (χ1n) is 11.6. The molecule has 1 aromatic heterocycles. The molecule has 4 rings (SSSR count). The molecule has 1 heterocycles. The zero-order chi connectivity index (χ0) is 25.9. The van der Waals surface area contributed by atoms with Crippen LogP contribution in [-0.4, -0.2) is 30.5 Å². The number of nitrogens with one attached hydrogen (secondary N) is 1. The van der Waals surface area contributed by atoms with Gasteiger partial charge in [0.05, 0.1) is 10.4 Å². The molecule has 186 valence electrons. The lowest BCUT2D eigenvalue weighted by molar-refractivity contribution is -0.140. The standard InChI is InChI=1S/C28H28N2O5S/c1-18(2)27(28(31)32)30-36(33,34)24-14-10-21(11-15-24)20-8-12-23(13-9-20)35-17-22-16-19(3)29-26-7-5-4-6-25(22)26/h4-16,18,27,30H,17H2,1-3H3,(H,31,32). The fourth-order valence-electron chi connectivity index (χ4n) is 3.95. The van der Waals surface area contributed by atoms with Gasteiger partial charge in [0.25, 0.3) is 0 Å². The second kappa shape index (κ2) is 10.5. The second-order valence-electron chi connectivity index (χ2n) is 8.96. The molecule has 0 spiro atoms. The number of hydrogen-bond acceptors (Lipinski definition) is 5. The van der Waals surface area contributed by atoms with Crippen molar-refractivity contribution in [1.29, 1.82) is 0 Å². The van der Waals surface area contributed by atoms with Crippen LogP contribution in [0.1, 0.15) is 25.1 Å². The summed E-state index contributed by atoms with van der Waals surface area (Å²) < 4.78 is 33.6. The predicted octanol–water partition coefficient (Wildman–Crippen LogP) is 5.18. The van der Waals surface area contributed by atoms with E-state index in [0.717, 1.165) is 33.3 Å². The number of carboxylic acids is 1. The van der Waals surface area contributed by atoms with Crippen molar-refractivity contribution in [3.63, 3.8) is 0 Å². The number of ether oxygens (including phenoxy) is 1. The molecule has 0 radical (unpaired) electrons. The summed E-state index contributed by atoms with van der Waals surface area (Å²) in [6, 6.07) is 22.7. The fourth-order valence-corrected chi connectivity index (χ4v) is 5.29. The highest BCUT2D eigenvalue weighted by Crippen LogP contribution is 2.26. The summed E-state index contributed by atoms with van der Waals surface area (Å²) in [5.41, 5.74) is 4.67. The Kier molecular flexibility index (Phi) is 7.37. The number of aliphatic carboxylic acids is 1. The van der Waals surface area contributed by atoms with E-state index in [1.165, 1.54) is 12.1 Å². The summed E-state index contributed by atoms with van der Waals surface area (Å²) in [4.78, 5) is 16.0. The van der Waals surface area contributed by atoms with Crippen LogP contribution in [0.3, 0.4) is 0 Å². The maximum absolute atomic E-state index is 12.6. The number of sulfonamides is 1. The van der Waals surface area contributed by atoms with Gasteiger partial charge >= 0.3 is 5.97 Å². The number of pyridine rings is 1. The van der Waals surface area contributed by atoms with E-state index >= 15 is 0 Å². The van der Waals surface area contributed by atoms with Gasteiger partial charge < -0.3 is 9.84 Å². The van der Waals surface area contributed by atoms with Gasteiger partial charge in [0.1, 0.15) is 18.4 Å². The summed E-state index contributed by atoms with van der Waals surface area (Å²) >= 11 is 0. The number of fused-ring (bicyclic) bond motifs is 1. The number of benzene rings is 3. The number of carbonyl (C=O) groups is 1. The van der Waals surface area contributed by atoms with Gasteiger partial charge in [-0.15, -0.1) is 0 Å². The van der Waals surface area contributed by atoms with Gasteiger partial charge in [-0.05, 0) is 60.4 Å². The molecule has 0 saturated carbocycles. The van der Waals surface area contributed by atoms with Crippen molar-refractivity contribution in [2.75, 3.05) is 0 Å². The van der Waals surface area contributed by atoms with Gasteiger partial charge in [0, 0.05) is 16.6 Å². The van der Waals surface area contributed by atoms with Gasteiger partial charge in [0.15, 0.2) is 0 Å². The Bertz CT molecular complexity index is 1480. The van der Waals surface area contributed by atoms with E-state index < -0.39 is 28.0 Å². The molecular weight excluding hydrogens is 476 g/mol. The molecule has 2 N–H and O–H groups in total. The normalized spacial score (nSPS) is 12.6. The largest absolute Gasteiger partial charge is 0.489 e. The van der Waals surface area contributed by atoms with Crippen molar-refractivity contribution in [3.05, 3.63) is 90.1 Å². The topological polar surface area (TPSA) is 106 Å². The van der Waals surface area contributed by atoms with Crippen LogP contribution in [0.15, 0.2) is 83.8 Å². The Morgan fingerprint density at radius 1 is 0.972 bits per heavy atom. The number of carboxylic acid groups (broad SMARTS) is 1. The van der Waals surface area contributed by atoms with E-state index in [-0.39, 0.29) is 4.90 Å². The van der Waals surface area contributed by atoms with E-state index in [9.17, 15) is 18.3 Å². The second-order valence-corrected chi connectivity index (χ2v) is 10.7. The van der Waals surface area contributed by atoms with Crippen LogP contribution in [0.5, 0.6) is 5.75 Å². The number of aryl methyl sites for hydroxylation is 1. The van der Waals surface area contributed by atoms with E-state index in [4.69, 9.17) is 4.74 Å². The van der Waals surface area contributed by atoms with Gasteiger partial charge in [-0.1, -0.05) is 56.3 Å². The summed E-state index contributed by atoms with van der Waals surface area (Å²) in [7, 11) is -3.96. The van der Waals surface area contributed by atoms with Crippen LogP contribution < -0.4 is 9.46 Å². The summed E-state index contributed by atoms with van der Waals surface area (Å²) in [6.45, 7) is 5.68. The third-order valence-corrected chi connectivity index (χ3v) is 7.35. The fraction of sp³-hybridized carbons (Fsp3) is 0.214. The molecule has 3 aromatic carbocycles. The monoisotopic (exact) mass is 504 g/mol. The molecule has 7 nitrogen and oxygen atoms in total. The molecule has 0 amide bonds. The Labute approximate surface area is 210 Å². The first-order valence-corrected chi connectivity index (χ1v) is 13.1. The van der Waals surface area contributed by atoms with Crippen LogP contribution in [0.25, 0.3) is 22.0 Å². The molecule has 0 saturated heterocycles. The zero-order valence-electron chi connectivity index (χ0n) is 20.3. The Morgan fingerprint density at radius 3 is 2.19 bits per heavy atom. The van der Waals surface area contributed by atoms with Crippen LogP contribution in [0, 0.1) is 12.8 Å². The number of para-hydroxylation sites is 1. The van der Waals surface area contributed by atoms with Gasteiger partial charge in [-0.25, -0.2) is 8.42 Å². The molecule has 0 aliphatic heterocycles. The van der Waals surface area contributed by atoms with Crippen molar-refractivity contribution in [1.82, 2.24) is 9.71 Å². The highest BCUT2D eigenvalue weighted by atomic mass is 32.2. The number of aromatic nitrogens is 1. The van der Waals surface area contributed by atoms with E-state index in [1.807, 2.05) is 61.5 Å². The number of hydrogen-bond donors (Lipinski definition) is 2. The van der Waals surface area contributed by atoms with Crippen molar-refractivity contribution >= 4 is 26.9 Å². The lowest BCUT2D eigenvalue weighted by Crippen LogP contribution is -2.44. The first kappa shape index (κ1) is 25.3. The highest BCUT2D eigenvalue weighted by molar-refractivity contribution is 7.89. The molecule has 1 unspecified atom stereocenters. The minimum Gasteiger partial charge on any atom is -0.489 e. The van der Waals surface area contributed by atoms with Crippen molar-refractivity contribution in [2.24, 2.45) is 5.92 Å². The number of rotatable bonds is 9. The molecule has 0 bridgehead atoms. The average Bonchev–Trinajstić information content (AvgIpc) is 2.86. The third-order valence-electron chi connectivity index (χ3n) is 5.89. The van der Waals surface area contributed by atoms with Gasteiger partial charge in [0.2, 0.25) is 10.0 Å². The molecule has 36 heavy (non-hydrogen) atoms. The average molecular weight is 505 g/mol. The maximum atomic E-state index is 12.6. The van der Waals surface area contributed by atoms with Crippen LogP contribution in [0.2, 0.25) is 0 Å². The van der Waals surface area contributed by atoms with Crippen molar-refractivity contribution in [3.8, 4) is 16.9 Å². The lowest BCUT2D eigenvalue weighted by Gasteiger charge is -2.18. The van der Waals surface area contributed by atoms with Crippen LogP contribution in [-0.2, 0) is 21.4 Å². The maximum Gasteiger partial charge on any atom is 0.322 e. The van der Waals surface area contributed by atoms with Crippen LogP contribution >= 0.6 is 0 Å². The van der Waals surface area contributed by atoms with Crippen molar-refractivity contribution in [2.45, 2.75) is 38.3 Å². The van der Waals surface area contributed by atoms with Gasteiger partial charge in [-0.2, -0.15) is 4.72 Å².